The van der Waals surface area contributed by atoms with Crippen molar-refractivity contribution >= 4 is 28.7 Å². The molecule has 23 heavy (non-hydrogen) atoms. The fourth-order valence-electron chi connectivity index (χ4n) is 2.35. The molecule has 9 nitrogen and oxygen atoms in total. The molecule has 0 atom stereocenters. The number of aromatic nitrogens is 6. The number of nitrogens with one attached hydrogen (secondary N) is 1. The Labute approximate surface area is 135 Å². The molecule has 0 aliphatic heterocycles. The number of H-pyrrole nitrogens is 1. The molecule has 0 aliphatic carbocycles. The van der Waals surface area contributed by atoms with E-state index in [-0.39, 0.29) is 10.7 Å². The van der Waals surface area contributed by atoms with E-state index in [2.05, 4.69) is 24.9 Å². The Bertz CT molecular complexity index is 857. The van der Waals surface area contributed by atoms with Crippen molar-refractivity contribution in [2.75, 3.05) is 0 Å². The average Bonchev–Trinajstić information content (AvgIpc) is 3.13. The summed E-state index contributed by atoms with van der Waals surface area (Å²) in [5.74, 6) is 0.718. The van der Waals surface area contributed by atoms with Gasteiger partial charge in [-0.3, -0.25) is 0 Å². The molecule has 0 bridgehead atoms. The fraction of sp³-hybridized carbons (Fsp3) is 0.385. The van der Waals surface area contributed by atoms with Crippen LogP contribution in [0.5, 0.6) is 0 Å². The molecule has 0 unspecified atom stereocenters. The van der Waals surface area contributed by atoms with E-state index in [9.17, 15) is 10.1 Å². The maximum Gasteiger partial charge on any atom is 0.357 e. The van der Waals surface area contributed by atoms with Gasteiger partial charge in [-0.15, -0.1) is 0 Å². The average molecular weight is 333 g/mol. The second-order valence-electron chi connectivity index (χ2n) is 4.80. The lowest BCUT2D eigenvalue weighted by Crippen LogP contribution is -2.06. The molecule has 120 valence electrons. The molecule has 0 spiro atoms. The summed E-state index contributed by atoms with van der Waals surface area (Å²) in [6.45, 7) is 4.48. The standard InChI is InChI=1S/C13H15N7O2S/c1-3-5-19-8(4-2)18-12(13(19)20(21)22)23-11-9-10(15-6-14-9)16-7-17-11/h6-7H,3-5H2,1-2H3,(H,14,15,16,17). The molecule has 3 rings (SSSR count). The van der Waals surface area contributed by atoms with Gasteiger partial charge in [0.25, 0.3) is 0 Å². The molecule has 3 aromatic heterocycles. The van der Waals surface area contributed by atoms with Crippen LogP contribution in [0.2, 0.25) is 0 Å². The molecule has 3 heterocycles. The van der Waals surface area contributed by atoms with Crippen LogP contribution in [-0.4, -0.2) is 34.4 Å². The molecule has 3 aromatic rings. The Morgan fingerprint density at radius 1 is 1.30 bits per heavy atom. The molecule has 0 saturated carbocycles. The Morgan fingerprint density at radius 3 is 2.83 bits per heavy atom. The second kappa shape index (κ2) is 6.32. The maximum absolute atomic E-state index is 11.5. The number of nitrogens with zero attached hydrogens (tertiary/aromatic N) is 6. The predicted molar refractivity (Wildman–Crippen MR) is 84.4 cm³/mol. The van der Waals surface area contributed by atoms with Crippen molar-refractivity contribution in [3.8, 4) is 0 Å². The van der Waals surface area contributed by atoms with Crippen LogP contribution in [0.25, 0.3) is 11.2 Å². The number of nitro groups is 1. The van der Waals surface area contributed by atoms with Crippen LogP contribution in [0.1, 0.15) is 26.1 Å². The first-order valence-electron chi connectivity index (χ1n) is 7.21. The van der Waals surface area contributed by atoms with Gasteiger partial charge >= 0.3 is 5.82 Å². The van der Waals surface area contributed by atoms with Gasteiger partial charge in [0.2, 0.25) is 5.03 Å². The van der Waals surface area contributed by atoms with Crippen molar-refractivity contribution in [2.24, 2.45) is 0 Å². The minimum Gasteiger partial charge on any atom is -0.358 e. The summed E-state index contributed by atoms with van der Waals surface area (Å²) in [6, 6.07) is 0. The molecular weight excluding hydrogens is 318 g/mol. The first-order valence-corrected chi connectivity index (χ1v) is 8.03. The lowest BCUT2D eigenvalue weighted by atomic mass is 10.4. The summed E-state index contributed by atoms with van der Waals surface area (Å²) < 4.78 is 1.67. The third-order valence-electron chi connectivity index (χ3n) is 3.31. The molecule has 0 aromatic carbocycles. The van der Waals surface area contributed by atoms with E-state index in [1.165, 1.54) is 12.7 Å². The molecule has 0 fully saturated rings. The lowest BCUT2D eigenvalue weighted by molar-refractivity contribution is -0.395. The van der Waals surface area contributed by atoms with E-state index in [0.717, 1.165) is 18.2 Å². The minimum absolute atomic E-state index is 0.0139. The number of aryl methyl sites for hydroxylation is 1. The Morgan fingerprint density at radius 2 is 2.13 bits per heavy atom. The van der Waals surface area contributed by atoms with Crippen LogP contribution < -0.4 is 0 Å². The highest BCUT2D eigenvalue weighted by Crippen LogP contribution is 2.36. The monoisotopic (exact) mass is 333 g/mol. The van der Waals surface area contributed by atoms with Crippen LogP contribution >= 0.6 is 11.8 Å². The number of aromatic amines is 1. The first-order chi connectivity index (χ1) is 11.2. The number of rotatable bonds is 6. The normalized spacial score (nSPS) is 11.2. The highest BCUT2D eigenvalue weighted by atomic mass is 32.2. The number of imidazole rings is 2. The zero-order valence-electron chi connectivity index (χ0n) is 12.7. The summed E-state index contributed by atoms with van der Waals surface area (Å²) in [7, 11) is 0. The van der Waals surface area contributed by atoms with Gasteiger partial charge in [0.05, 0.1) is 12.9 Å². The SMILES string of the molecule is CCCn1c(CC)nc(Sc2ncnc3nc[nH]c23)c1[N+](=O)[O-]. The Kier molecular flexibility index (Phi) is 4.24. The third kappa shape index (κ3) is 2.77. The van der Waals surface area contributed by atoms with Crippen molar-refractivity contribution in [1.29, 1.82) is 0 Å². The van der Waals surface area contributed by atoms with Gasteiger partial charge in [-0.05, 0) is 23.1 Å². The van der Waals surface area contributed by atoms with E-state index in [1.807, 2.05) is 13.8 Å². The molecule has 1 N–H and O–H groups in total. The summed E-state index contributed by atoms with van der Waals surface area (Å²) in [5.41, 5.74) is 1.17. The number of fused-ring (bicyclic) bond motifs is 1. The van der Waals surface area contributed by atoms with E-state index >= 15 is 0 Å². The Balaban J connectivity index is 2.09. The van der Waals surface area contributed by atoms with Crippen molar-refractivity contribution in [2.45, 2.75) is 43.3 Å². The molecule has 0 aliphatic rings. The van der Waals surface area contributed by atoms with Crippen LogP contribution in [0.15, 0.2) is 22.7 Å². The van der Waals surface area contributed by atoms with Crippen LogP contribution in [0, 0.1) is 10.1 Å². The van der Waals surface area contributed by atoms with Gasteiger partial charge in [-0.2, -0.15) is 4.98 Å². The van der Waals surface area contributed by atoms with E-state index < -0.39 is 0 Å². The lowest BCUT2D eigenvalue weighted by Gasteiger charge is -2.02. The summed E-state index contributed by atoms with van der Waals surface area (Å²) in [4.78, 5) is 30.9. The fourth-order valence-corrected chi connectivity index (χ4v) is 3.31. The largest absolute Gasteiger partial charge is 0.358 e. The topological polar surface area (TPSA) is 115 Å². The molecule has 0 saturated heterocycles. The molecule has 0 amide bonds. The minimum atomic E-state index is -0.379. The van der Waals surface area contributed by atoms with Crippen LogP contribution in [0.3, 0.4) is 0 Å². The summed E-state index contributed by atoms with van der Waals surface area (Å²) in [5, 5.41) is 12.4. The van der Waals surface area contributed by atoms with Crippen LogP contribution in [-0.2, 0) is 13.0 Å². The van der Waals surface area contributed by atoms with Gasteiger partial charge in [0, 0.05) is 6.42 Å². The molecular formula is C13H15N7O2S. The number of hydrogen-bond acceptors (Lipinski definition) is 7. The zero-order valence-corrected chi connectivity index (χ0v) is 13.5. The quantitative estimate of drug-likeness (QED) is 0.418. The van der Waals surface area contributed by atoms with E-state index in [1.54, 1.807) is 4.57 Å². The van der Waals surface area contributed by atoms with Gasteiger partial charge in [0.1, 0.15) is 16.9 Å². The first kappa shape index (κ1) is 15.4. The maximum atomic E-state index is 11.5. The highest BCUT2D eigenvalue weighted by molar-refractivity contribution is 7.99. The van der Waals surface area contributed by atoms with E-state index in [4.69, 9.17) is 0 Å². The second-order valence-corrected chi connectivity index (χ2v) is 5.78. The Hall–Kier alpha value is -2.49. The third-order valence-corrected chi connectivity index (χ3v) is 4.28. The summed E-state index contributed by atoms with van der Waals surface area (Å²) >= 11 is 1.16. The van der Waals surface area contributed by atoms with Gasteiger partial charge in [-0.1, -0.05) is 13.8 Å². The van der Waals surface area contributed by atoms with Gasteiger partial charge in [-0.25, -0.2) is 19.5 Å². The van der Waals surface area contributed by atoms with Crippen molar-refractivity contribution in [1.82, 2.24) is 29.5 Å². The molecule has 10 heteroatoms. The van der Waals surface area contributed by atoms with Crippen molar-refractivity contribution in [3.63, 3.8) is 0 Å². The number of hydrogen-bond donors (Lipinski definition) is 1. The van der Waals surface area contributed by atoms with Crippen molar-refractivity contribution in [3.05, 3.63) is 28.6 Å². The zero-order chi connectivity index (χ0) is 16.4. The van der Waals surface area contributed by atoms with Gasteiger partial charge < -0.3 is 15.1 Å². The van der Waals surface area contributed by atoms with Crippen LogP contribution in [0.4, 0.5) is 5.82 Å². The predicted octanol–water partition coefficient (Wildman–Crippen LogP) is 2.58. The molecule has 0 radical (unpaired) electrons. The van der Waals surface area contributed by atoms with Gasteiger partial charge in [0.15, 0.2) is 11.5 Å². The van der Waals surface area contributed by atoms with Crippen molar-refractivity contribution < 1.29 is 4.92 Å². The highest BCUT2D eigenvalue weighted by Gasteiger charge is 2.27. The summed E-state index contributed by atoms with van der Waals surface area (Å²) in [6.07, 6.45) is 4.34. The smallest absolute Gasteiger partial charge is 0.357 e. The van der Waals surface area contributed by atoms with E-state index in [0.29, 0.717) is 40.0 Å².